The molecule has 1 aliphatic carbocycles. The number of hydrogen-bond donors (Lipinski definition) is 1. The van der Waals surface area contributed by atoms with E-state index in [0.29, 0.717) is 31.4 Å². The molecule has 11 nitrogen and oxygen atoms in total. The maximum atomic E-state index is 12.1. The molecule has 0 spiro atoms. The summed E-state index contributed by atoms with van der Waals surface area (Å²) < 4.78 is 28.3. The zero-order valence-electron chi connectivity index (χ0n) is 31.9. The Balaban J connectivity index is 0.000000365. The van der Waals surface area contributed by atoms with Gasteiger partial charge in [-0.3, -0.25) is 4.98 Å². The van der Waals surface area contributed by atoms with E-state index in [4.69, 9.17) is 28.7 Å². The molecule has 0 unspecified atom stereocenters. The van der Waals surface area contributed by atoms with Gasteiger partial charge in [-0.05, 0) is 116 Å². The number of fused-ring (bicyclic) bond motifs is 2. The minimum absolute atomic E-state index is 0. The summed E-state index contributed by atoms with van der Waals surface area (Å²) >= 11 is 0. The Labute approximate surface area is 331 Å². The average molecular weight is 774 g/mol. The summed E-state index contributed by atoms with van der Waals surface area (Å²) in [6.45, 7) is 10.6. The third-order valence-electron chi connectivity index (χ3n) is 9.53. The van der Waals surface area contributed by atoms with Gasteiger partial charge in [-0.15, -0.1) is 12.4 Å². The number of likely N-dealkylation sites (tertiary alicyclic amines) is 1. The number of methoxy groups -OCH3 is 2. The molecule has 5 heterocycles. The lowest BCUT2D eigenvalue weighted by Crippen LogP contribution is -2.36. The van der Waals surface area contributed by atoms with Crippen molar-refractivity contribution in [1.29, 1.82) is 0 Å². The fourth-order valence-corrected chi connectivity index (χ4v) is 6.85. The van der Waals surface area contributed by atoms with Crippen molar-refractivity contribution in [3.63, 3.8) is 0 Å². The molecule has 2 atom stereocenters. The fourth-order valence-electron chi connectivity index (χ4n) is 6.85. The van der Waals surface area contributed by atoms with E-state index in [9.17, 15) is 4.79 Å². The highest BCUT2D eigenvalue weighted by Crippen LogP contribution is 2.30. The summed E-state index contributed by atoms with van der Waals surface area (Å²) in [6.07, 6.45) is 14.8. The van der Waals surface area contributed by atoms with Gasteiger partial charge in [-0.1, -0.05) is 14.9 Å². The van der Waals surface area contributed by atoms with Gasteiger partial charge in [0.15, 0.2) is 5.65 Å². The summed E-state index contributed by atoms with van der Waals surface area (Å²) in [7, 11) is 3.44. The molecule has 0 radical (unpaired) electrons. The predicted octanol–water partition coefficient (Wildman–Crippen LogP) is 8.35. The maximum absolute atomic E-state index is 12.1. The molecule has 12 heteroatoms. The van der Waals surface area contributed by atoms with Crippen molar-refractivity contribution in [2.45, 2.75) is 130 Å². The number of nitrogens with zero attached hydrogens (tertiary/aromatic N) is 4. The van der Waals surface area contributed by atoms with Gasteiger partial charge >= 0.3 is 6.09 Å². The molecule has 3 aliphatic rings. The molecule has 54 heavy (non-hydrogen) atoms. The van der Waals surface area contributed by atoms with Crippen LogP contribution in [0.2, 0.25) is 0 Å². The molecule has 1 amide bonds. The Bertz CT molecular complexity index is 1530. The normalized spacial score (nSPS) is 17.6. The molecule has 3 aromatic rings. The van der Waals surface area contributed by atoms with Crippen LogP contribution in [0.3, 0.4) is 0 Å². The van der Waals surface area contributed by atoms with Crippen molar-refractivity contribution in [2.24, 2.45) is 0 Å². The Hall–Kier alpha value is -3.25. The second-order valence-corrected chi connectivity index (χ2v) is 14.7. The minimum Gasteiger partial charge on any atom is -0.496 e. The van der Waals surface area contributed by atoms with E-state index >= 15 is 0 Å². The standard InChI is InChI=1S/C22H31N3O4.C18H28N2O2.2CH4.ClH/c1-22(2,3)29-21(26)25-12-10-17(15-25)28-13-6-5-8-16-14-19(27-4)18-9-7-11-23-20(18)24-16;1-21-18-12-14(20-17-8-3-2-7-16(17)18)6-4-5-11-22-15-9-10-19-13-15;;;/h7,9,11,14,17H,5-6,8,10,12-13,15H2,1-4H3;12,15,19H,2-11,13H2,1H3;2*1H4;1H/t17-;15-;;;/m11.../s1. The third kappa shape index (κ3) is 14.4. The number of hydrogen-bond acceptors (Lipinski definition) is 10. The fraction of sp³-hybridized carbons (Fsp3) is 0.667. The molecule has 2 saturated heterocycles. The highest BCUT2D eigenvalue weighted by molar-refractivity contribution is 5.85. The first-order chi connectivity index (χ1) is 24.7. The zero-order chi connectivity index (χ0) is 36.1. The molecule has 1 N–H and O–H groups in total. The largest absolute Gasteiger partial charge is 0.496 e. The van der Waals surface area contributed by atoms with Gasteiger partial charge in [0.25, 0.3) is 0 Å². The van der Waals surface area contributed by atoms with Crippen LogP contribution in [-0.4, -0.2) is 97.4 Å². The summed E-state index contributed by atoms with van der Waals surface area (Å²) in [5, 5.41) is 4.26. The lowest BCUT2D eigenvalue weighted by molar-refractivity contribution is 0.0206. The van der Waals surface area contributed by atoms with Crippen molar-refractivity contribution in [1.82, 2.24) is 25.2 Å². The molecule has 2 fully saturated rings. The lowest BCUT2D eigenvalue weighted by atomic mass is 9.94. The Kier molecular flexibility index (Phi) is 20.5. The molecule has 0 saturated carbocycles. The monoisotopic (exact) mass is 773 g/mol. The van der Waals surface area contributed by atoms with Gasteiger partial charge in [-0.25, -0.2) is 14.8 Å². The molecule has 3 aromatic heterocycles. The highest BCUT2D eigenvalue weighted by Gasteiger charge is 2.30. The van der Waals surface area contributed by atoms with Crippen LogP contribution in [0.15, 0.2) is 30.5 Å². The number of aryl methyl sites for hydroxylation is 3. The van der Waals surface area contributed by atoms with Crippen molar-refractivity contribution in [3.05, 3.63) is 53.1 Å². The van der Waals surface area contributed by atoms with Gasteiger partial charge in [0.05, 0.1) is 38.4 Å². The number of nitrogens with one attached hydrogen (secondary N) is 1. The van der Waals surface area contributed by atoms with Crippen LogP contribution >= 0.6 is 12.4 Å². The van der Waals surface area contributed by atoms with Crippen LogP contribution in [0, 0.1) is 0 Å². The molecule has 304 valence electrons. The van der Waals surface area contributed by atoms with E-state index in [1.54, 1.807) is 25.3 Å². The van der Waals surface area contributed by atoms with Crippen molar-refractivity contribution in [3.8, 4) is 11.5 Å². The summed E-state index contributed by atoms with van der Waals surface area (Å²) in [4.78, 5) is 27.7. The van der Waals surface area contributed by atoms with E-state index in [-0.39, 0.29) is 39.5 Å². The molecule has 6 rings (SSSR count). The van der Waals surface area contributed by atoms with Gasteiger partial charge in [0, 0.05) is 67.3 Å². The number of carbonyl (C=O) groups excluding carboxylic acids is 1. The summed E-state index contributed by atoms with van der Waals surface area (Å²) in [6, 6.07) is 7.98. The molecular weight excluding hydrogens is 706 g/mol. The van der Waals surface area contributed by atoms with Gasteiger partial charge in [-0.2, -0.15) is 0 Å². The van der Waals surface area contributed by atoms with E-state index < -0.39 is 5.60 Å². The number of unbranched alkanes of at least 4 members (excludes halogenated alkanes) is 2. The number of pyridine rings is 3. The first-order valence-electron chi connectivity index (χ1n) is 19.0. The maximum Gasteiger partial charge on any atom is 0.410 e. The number of rotatable bonds is 14. The van der Waals surface area contributed by atoms with Crippen molar-refractivity contribution >= 4 is 29.5 Å². The number of ether oxygens (including phenoxy) is 5. The van der Waals surface area contributed by atoms with E-state index in [0.717, 1.165) is 106 Å². The van der Waals surface area contributed by atoms with Crippen LogP contribution in [-0.2, 0) is 39.9 Å². The van der Waals surface area contributed by atoms with Gasteiger partial charge < -0.3 is 33.9 Å². The smallest absolute Gasteiger partial charge is 0.410 e. The predicted molar refractivity (Wildman–Crippen MR) is 219 cm³/mol. The van der Waals surface area contributed by atoms with Crippen molar-refractivity contribution in [2.75, 3.05) is 53.6 Å². The Morgan fingerprint density at radius 2 is 1.56 bits per heavy atom. The second-order valence-electron chi connectivity index (χ2n) is 14.7. The molecule has 2 aliphatic heterocycles. The van der Waals surface area contributed by atoms with E-state index in [1.165, 1.54) is 29.8 Å². The second kappa shape index (κ2) is 23.6. The minimum atomic E-state index is -0.467. The third-order valence-corrected chi connectivity index (χ3v) is 9.53. The Morgan fingerprint density at radius 3 is 2.22 bits per heavy atom. The molecule has 0 aromatic carbocycles. The van der Waals surface area contributed by atoms with E-state index in [2.05, 4.69) is 21.4 Å². The van der Waals surface area contributed by atoms with Crippen molar-refractivity contribution < 1.29 is 28.5 Å². The summed E-state index contributed by atoms with van der Waals surface area (Å²) in [5.41, 5.74) is 5.02. The number of aromatic nitrogens is 3. The van der Waals surface area contributed by atoms with Crippen LogP contribution in [0.25, 0.3) is 11.0 Å². The lowest BCUT2D eigenvalue weighted by Gasteiger charge is -2.24. The summed E-state index contributed by atoms with van der Waals surface area (Å²) in [5.74, 6) is 1.86. The van der Waals surface area contributed by atoms with Gasteiger partial charge in [0.1, 0.15) is 17.1 Å². The first kappa shape index (κ1) is 46.9. The topological polar surface area (TPSA) is 117 Å². The molecular formula is C42H68ClN5O6. The van der Waals surface area contributed by atoms with Crippen LogP contribution in [0.5, 0.6) is 11.5 Å². The number of carbonyl (C=O) groups is 1. The quantitative estimate of drug-likeness (QED) is 0.160. The average Bonchev–Trinajstić information content (AvgIpc) is 3.83. The van der Waals surface area contributed by atoms with Crippen LogP contribution < -0.4 is 14.8 Å². The SMILES string of the molecule is C.C.COc1cc(CCCCO[C@@H]2CCN(C(=O)OC(C)(C)C)C2)nc2ncccc12.COc1cc(CCCCO[C@@H]2CCNC2)nc2c1CCCC2.Cl. The number of amides is 1. The number of halogens is 1. The van der Waals surface area contributed by atoms with Crippen LogP contribution in [0.1, 0.15) is 110 Å². The van der Waals surface area contributed by atoms with E-state index in [1.807, 2.05) is 39.0 Å². The van der Waals surface area contributed by atoms with Gasteiger partial charge in [0.2, 0.25) is 0 Å². The molecule has 0 bridgehead atoms. The van der Waals surface area contributed by atoms with Crippen LogP contribution in [0.4, 0.5) is 4.79 Å². The zero-order valence-corrected chi connectivity index (χ0v) is 32.7. The Morgan fingerprint density at radius 1 is 0.889 bits per heavy atom. The highest BCUT2D eigenvalue weighted by atomic mass is 35.5. The first-order valence-corrected chi connectivity index (χ1v) is 19.0.